The average Bonchev–Trinajstić information content (AvgIpc) is 2.22. The Balaban J connectivity index is 2.95. The van der Waals surface area contributed by atoms with Crippen LogP contribution in [0.25, 0.3) is 0 Å². The van der Waals surface area contributed by atoms with Crippen molar-refractivity contribution in [1.29, 1.82) is 0 Å². The number of nitrogens with two attached hydrogens (primary N) is 1. The second kappa shape index (κ2) is 5.13. The highest BCUT2D eigenvalue weighted by Gasteiger charge is 2.29. The molecule has 1 aromatic rings. The van der Waals surface area contributed by atoms with E-state index in [9.17, 15) is 9.50 Å². The second-order valence-electron chi connectivity index (χ2n) is 4.45. The van der Waals surface area contributed by atoms with Crippen molar-refractivity contribution in [2.45, 2.75) is 26.4 Å². The normalized spacial score (nSPS) is 16.9. The molecule has 90 valence electrons. The van der Waals surface area contributed by atoms with Gasteiger partial charge in [-0.25, -0.2) is 4.39 Å². The standard InChI is InChI=1S/C12H17ClFNO/c1-8(16)12(2,7-15)6-9-3-4-10(13)5-11(9)14/h3-5,8,16H,6-7,15H2,1-2H3. The molecule has 2 unspecified atom stereocenters. The predicted molar refractivity (Wildman–Crippen MR) is 64.0 cm³/mol. The number of benzene rings is 1. The molecule has 1 aromatic carbocycles. The second-order valence-corrected chi connectivity index (χ2v) is 4.88. The number of halogens is 2. The van der Waals surface area contributed by atoms with Gasteiger partial charge >= 0.3 is 0 Å². The molecule has 0 spiro atoms. The third kappa shape index (κ3) is 2.94. The lowest BCUT2D eigenvalue weighted by Gasteiger charge is -2.31. The highest BCUT2D eigenvalue weighted by Crippen LogP contribution is 2.27. The van der Waals surface area contributed by atoms with Gasteiger partial charge < -0.3 is 10.8 Å². The Morgan fingerprint density at radius 3 is 2.62 bits per heavy atom. The minimum atomic E-state index is -0.590. The monoisotopic (exact) mass is 245 g/mol. The van der Waals surface area contributed by atoms with Crippen molar-refractivity contribution < 1.29 is 9.50 Å². The van der Waals surface area contributed by atoms with Crippen LogP contribution in [0.5, 0.6) is 0 Å². The lowest BCUT2D eigenvalue weighted by molar-refractivity contribution is 0.0583. The van der Waals surface area contributed by atoms with Crippen molar-refractivity contribution in [2.75, 3.05) is 6.54 Å². The van der Waals surface area contributed by atoms with E-state index in [1.807, 2.05) is 6.92 Å². The van der Waals surface area contributed by atoms with E-state index in [4.69, 9.17) is 17.3 Å². The van der Waals surface area contributed by atoms with E-state index in [0.717, 1.165) is 0 Å². The van der Waals surface area contributed by atoms with Crippen molar-refractivity contribution >= 4 is 11.6 Å². The first-order valence-corrected chi connectivity index (χ1v) is 5.59. The maximum absolute atomic E-state index is 13.6. The molecule has 0 radical (unpaired) electrons. The molecular weight excluding hydrogens is 229 g/mol. The zero-order valence-corrected chi connectivity index (χ0v) is 10.3. The number of rotatable bonds is 4. The summed E-state index contributed by atoms with van der Waals surface area (Å²) in [5.41, 5.74) is 5.63. The summed E-state index contributed by atoms with van der Waals surface area (Å²) in [5.74, 6) is -0.354. The van der Waals surface area contributed by atoms with Gasteiger partial charge in [-0.3, -0.25) is 0 Å². The molecule has 4 heteroatoms. The Bertz CT molecular complexity index is 370. The molecule has 0 heterocycles. The molecule has 0 bridgehead atoms. The van der Waals surface area contributed by atoms with E-state index in [1.165, 1.54) is 6.07 Å². The van der Waals surface area contributed by atoms with E-state index in [0.29, 0.717) is 23.6 Å². The topological polar surface area (TPSA) is 46.2 Å². The van der Waals surface area contributed by atoms with Crippen molar-refractivity contribution in [1.82, 2.24) is 0 Å². The Morgan fingerprint density at radius 2 is 2.19 bits per heavy atom. The lowest BCUT2D eigenvalue weighted by Crippen LogP contribution is -2.39. The molecule has 0 saturated carbocycles. The number of aliphatic hydroxyl groups excluding tert-OH is 1. The number of hydrogen-bond acceptors (Lipinski definition) is 2. The highest BCUT2D eigenvalue weighted by atomic mass is 35.5. The van der Waals surface area contributed by atoms with Gasteiger partial charge in [0, 0.05) is 17.0 Å². The molecule has 0 aliphatic carbocycles. The van der Waals surface area contributed by atoms with Crippen LogP contribution < -0.4 is 5.73 Å². The van der Waals surface area contributed by atoms with Crippen molar-refractivity contribution in [3.63, 3.8) is 0 Å². The summed E-state index contributed by atoms with van der Waals surface area (Å²) >= 11 is 5.67. The van der Waals surface area contributed by atoms with Crippen molar-refractivity contribution in [2.24, 2.45) is 11.1 Å². The van der Waals surface area contributed by atoms with Gasteiger partial charge in [-0.2, -0.15) is 0 Å². The summed E-state index contributed by atoms with van der Waals surface area (Å²) < 4.78 is 13.6. The minimum absolute atomic E-state index is 0.298. The van der Waals surface area contributed by atoms with Crippen LogP contribution in [0.1, 0.15) is 19.4 Å². The fourth-order valence-electron chi connectivity index (χ4n) is 1.49. The highest BCUT2D eigenvalue weighted by molar-refractivity contribution is 6.30. The van der Waals surface area contributed by atoms with Gasteiger partial charge in [0.25, 0.3) is 0 Å². The molecule has 3 N–H and O–H groups in total. The van der Waals surface area contributed by atoms with Crippen LogP contribution in [-0.4, -0.2) is 17.8 Å². The Hall–Kier alpha value is -0.640. The molecular formula is C12H17ClFNO. The molecule has 0 saturated heterocycles. The van der Waals surface area contributed by atoms with Crippen LogP contribution in [0.15, 0.2) is 18.2 Å². The Kier molecular flexibility index (Phi) is 4.30. The summed E-state index contributed by atoms with van der Waals surface area (Å²) in [7, 11) is 0. The molecule has 2 atom stereocenters. The zero-order valence-electron chi connectivity index (χ0n) is 9.50. The summed E-state index contributed by atoms with van der Waals surface area (Å²) in [4.78, 5) is 0. The van der Waals surface area contributed by atoms with Gasteiger partial charge in [-0.1, -0.05) is 24.6 Å². The molecule has 0 aliphatic rings. The third-order valence-corrected chi connectivity index (χ3v) is 3.32. The lowest BCUT2D eigenvalue weighted by atomic mass is 9.79. The van der Waals surface area contributed by atoms with Gasteiger partial charge in [-0.15, -0.1) is 0 Å². The molecule has 1 rings (SSSR count). The van der Waals surface area contributed by atoms with Crippen molar-refractivity contribution in [3.05, 3.63) is 34.6 Å². The Labute approximate surface area is 100 Å². The molecule has 0 aromatic heterocycles. The van der Waals surface area contributed by atoms with Crippen molar-refractivity contribution in [3.8, 4) is 0 Å². The largest absolute Gasteiger partial charge is 0.393 e. The third-order valence-electron chi connectivity index (χ3n) is 3.08. The van der Waals surface area contributed by atoms with Crippen LogP contribution in [-0.2, 0) is 6.42 Å². The zero-order chi connectivity index (χ0) is 12.3. The number of hydrogen-bond donors (Lipinski definition) is 2. The first-order chi connectivity index (χ1) is 7.39. The Morgan fingerprint density at radius 1 is 1.56 bits per heavy atom. The quantitative estimate of drug-likeness (QED) is 0.856. The maximum Gasteiger partial charge on any atom is 0.127 e. The van der Waals surface area contributed by atoms with E-state index in [2.05, 4.69) is 0 Å². The summed E-state index contributed by atoms with van der Waals surface area (Å²) in [5, 5.41) is 10.0. The van der Waals surface area contributed by atoms with Gasteiger partial charge in [0.05, 0.1) is 6.10 Å². The molecule has 2 nitrogen and oxygen atoms in total. The predicted octanol–water partition coefficient (Wildman–Crippen LogP) is 2.37. The summed E-state index contributed by atoms with van der Waals surface area (Å²) in [6.07, 6.45) is -0.197. The van der Waals surface area contributed by atoms with E-state index in [-0.39, 0.29) is 5.82 Å². The smallest absolute Gasteiger partial charge is 0.127 e. The summed E-state index contributed by atoms with van der Waals surface area (Å²) in [6, 6.07) is 4.54. The van der Waals surface area contributed by atoms with E-state index < -0.39 is 11.5 Å². The fraction of sp³-hybridized carbons (Fsp3) is 0.500. The molecule has 0 aliphatic heterocycles. The fourth-order valence-corrected chi connectivity index (χ4v) is 1.65. The van der Waals surface area contributed by atoms with Crippen LogP contribution in [0.3, 0.4) is 0 Å². The van der Waals surface area contributed by atoms with Gasteiger partial charge in [-0.05, 0) is 31.0 Å². The van der Waals surface area contributed by atoms with Gasteiger partial charge in [0.15, 0.2) is 0 Å². The first kappa shape index (κ1) is 13.4. The van der Waals surface area contributed by atoms with Crippen LogP contribution in [0.4, 0.5) is 4.39 Å². The minimum Gasteiger partial charge on any atom is -0.393 e. The molecule has 0 fully saturated rings. The van der Waals surface area contributed by atoms with Gasteiger partial charge in [0.1, 0.15) is 5.82 Å². The van der Waals surface area contributed by atoms with Crippen LogP contribution >= 0.6 is 11.6 Å². The van der Waals surface area contributed by atoms with E-state index in [1.54, 1.807) is 19.1 Å². The van der Waals surface area contributed by atoms with Crippen LogP contribution in [0.2, 0.25) is 5.02 Å². The molecule has 16 heavy (non-hydrogen) atoms. The van der Waals surface area contributed by atoms with Gasteiger partial charge in [0.2, 0.25) is 0 Å². The SMILES string of the molecule is CC(O)C(C)(CN)Cc1ccc(Cl)cc1F. The maximum atomic E-state index is 13.6. The number of aliphatic hydroxyl groups is 1. The van der Waals surface area contributed by atoms with E-state index >= 15 is 0 Å². The average molecular weight is 246 g/mol. The van der Waals surface area contributed by atoms with Crippen LogP contribution in [0, 0.1) is 11.2 Å². The molecule has 0 amide bonds. The first-order valence-electron chi connectivity index (χ1n) is 5.21. The summed E-state index contributed by atoms with van der Waals surface area (Å²) in [6.45, 7) is 3.80.